The second-order valence-corrected chi connectivity index (χ2v) is 10.4. The van der Waals surface area contributed by atoms with E-state index in [0.717, 1.165) is 16.7 Å². The van der Waals surface area contributed by atoms with Crippen molar-refractivity contribution in [1.82, 2.24) is 15.1 Å². The van der Waals surface area contributed by atoms with Crippen molar-refractivity contribution in [2.24, 2.45) is 0 Å². The molecule has 0 bridgehead atoms. The Morgan fingerprint density at radius 1 is 0.943 bits per heavy atom. The van der Waals surface area contributed by atoms with Gasteiger partial charge in [0.1, 0.15) is 11.5 Å². The molecule has 3 aromatic carbocycles. The summed E-state index contributed by atoms with van der Waals surface area (Å²) in [7, 11) is 0. The Bertz CT molecular complexity index is 1200. The average molecular weight is 487 g/mol. The fraction of sp³-hybridized carbons (Fsp3) is 0.222. The van der Waals surface area contributed by atoms with Crippen LogP contribution in [0.25, 0.3) is 0 Å². The molecule has 0 spiro atoms. The fourth-order valence-corrected chi connectivity index (χ4v) is 5.75. The zero-order chi connectivity index (χ0) is 24.4. The molecule has 2 heterocycles. The first-order valence-electron chi connectivity index (χ1n) is 11.5. The third-order valence-electron chi connectivity index (χ3n) is 6.53. The van der Waals surface area contributed by atoms with Gasteiger partial charge in [-0.1, -0.05) is 84.0 Å². The second-order valence-electron chi connectivity index (χ2n) is 8.69. The molecule has 0 saturated carbocycles. The van der Waals surface area contributed by atoms with E-state index < -0.39 is 16.7 Å². The highest BCUT2D eigenvalue weighted by molar-refractivity contribution is 7.91. The van der Waals surface area contributed by atoms with E-state index in [0.29, 0.717) is 30.2 Å². The van der Waals surface area contributed by atoms with Crippen molar-refractivity contribution in [3.05, 3.63) is 107 Å². The topological polar surface area (TPSA) is 99.6 Å². The van der Waals surface area contributed by atoms with Crippen LogP contribution in [0.15, 0.2) is 84.9 Å². The third kappa shape index (κ3) is 4.31. The molecule has 8 heteroatoms. The SMILES string of the molecule is N=C1NC(c2ccccc2)(c2ccccc2)C(=O)N1Cc1cccc(C(=O)N2CC[S+]([O-])CC2)c1. The van der Waals surface area contributed by atoms with Gasteiger partial charge in [0.05, 0.1) is 19.6 Å². The lowest BCUT2D eigenvalue weighted by Gasteiger charge is -2.28. The van der Waals surface area contributed by atoms with Crippen LogP contribution in [0.5, 0.6) is 0 Å². The zero-order valence-corrected chi connectivity index (χ0v) is 20.0. The molecule has 35 heavy (non-hydrogen) atoms. The summed E-state index contributed by atoms with van der Waals surface area (Å²) in [6.07, 6.45) is 0. The minimum absolute atomic E-state index is 0.0120. The number of nitrogens with zero attached hydrogens (tertiary/aromatic N) is 2. The molecule has 0 unspecified atom stereocenters. The number of carbonyl (C=O) groups excluding carboxylic acids is 2. The number of carbonyl (C=O) groups is 2. The molecule has 3 aromatic rings. The van der Waals surface area contributed by atoms with E-state index in [1.165, 1.54) is 4.90 Å². The lowest BCUT2D eigenvalue weighted by atomic mass is 9.82. The Balaban J connectivity index is 1.43. The molecule has 2 amide bonds. The van der Waals surface area contributed by atoms with Crippen LogP contribution in [-0.2, 0) is 28.1 Å². The van der Waals surface area contributed by atoms with Crippen molar-refractivity contribution in [3.63, 3.8) is 0 Å². The number of amides is 2. The number of rotatable bonds is 5. The van der Waals surface area contributed by atoms with Crippen molar-refractivity contribution in [2.45, 2.75) is 12.1 Å². The fourth-order valence-electron chi connectivity index (χ4n) is 4.70. The maximum absolute atomic E-state index is 14.0. The maximum atomic E-state index is 14.0. The van der Waals surface area contributed by atoms with Gasteiger partial charge in [-0.2, -0.15) is 0 Å². The van der Waals surface area contributed by atoms with Crippen molar-refractivity contribution in [1.29, 1.82) is 5.41 Å². The molecule has 5 rings (SSSR count). The average Bonchev–Trinajstić information content (AvgIpc) is 3.15. The third-order valence-corrected chi connectivity index (χ3v) is 7.81. The van der Waals surface area contributed by atoms with Crippen LogP contribution in [-0.4, -0.2) is 56.7 Å². The molecule has 0 aromatic heterocycles. The van der Waals surface area contributed by atoms with Crippen LogP contribution in [0.1, 0.15) is 27.0 Å². The van der Waals surface area contributed by atoms with Crippen LogP contribution in [0.3, 0.4) is 0 Å². The first-order chi connectivity index (χ1) is 17.0. The highest BCUT2D eigenvalue weighted by atomic mass is 32.2. The summed E-state index contributed by atoms with van der Waals surface area (Å²) >= 11 is -0.858. The molecule has 7 nitrogen and oxygen atoms in total. The van der Waals surface area contributed by atoms with Crippen LogP contribution >= 0.6 is 0 Å². The Morgan fingerprint density at radius 2 is 1.54 bits per heavy atom. The van der Waals surface area contributed by atoms with E-state index in [-0.39, 0.29) is 24.3 Å². The Morgan fingerprint density at radius 3 is 2.14 bits per heavy atom. The smallest absolute Gasteiger partial charge is 0.264 e. The van der Waals surface area contributed by atoms with E-state index in [1.807, 2.05) is 66.7 Å². The van der Waals surface area contributed by atoms with Gasteiger partial charge in [-0.15, -0.1) is 0 Å². The van der Waals surface area contributed by atoms with Crippen LogP contribution in [0, 0.1) is 5.41 Å². The van der Waals surface area contributed by atoms with E-state index in [1.54, 1.807) is 23.1 Å². The predicted octanol–water partition coefficient (Wildman–Crippen LogP) is 2.70. The summed E-state index contributed by atoms with van der Waals surface area (Å²) in [5.74, 6) is 0.662. The summed E-state index contributed by atoms with van der Waals surface area (Å²) in [4.78, 5) is 30.1. The monoisotopic (exact) mass is 486 g/mol. The summed E-state index contributed by atoms with van der Waals surface area (Å²) in [5.41, 5.74) is 1.60. The molecule has 178 valence electrons. The number of hydrogen-bond donors (Lipinski definition) is 2. The lowest BCUT2D eigenvalue weighted by Crippen LogP contribution is -2.45. The van der Waals surface area contributed by atoms with E-state index >= 15 is 0 Å². The predicted molar refractivity (Wildman–Crippen MR) is 135 cm³/mol. The first-order valence-corrected chi connectivity index (χ1v) is 13.0. The van der Waals surface area contributed by atoms with Gasteiger partial charge >= 0.3 is 0 Å². The summed E-state index contributed by atoms with van der Waals surface area (Å²) in [6.45, 7) is 1.12. The van der Waals surface area contributed by atoms with E-state index in [4.69, 9.17) is 5.41 Å². The number of hydrogen-bond acceptors (Lipinski definition) is 4. The Kier molecular flexibility index (Phi) is 6.32. The van der Waals surface area contributed by atoms with Gasteiger partial charge in [-0.3, -0.25) is 19.9 Å². The van der Waals surface area contributed by atoms with Crippen molar-refractivity contribution in [2.75, 3.05) is 24.6 Å². The molecule has 2 fully saturated rings. The summed E-state index contributed by atoms with van der Waals surface area (Å²) in [6, 6.07) is 26.1. The largest absolute Gasteiger partial charge is 0.616 e. The van der Waals surface area contributed by atoms with Crippen LogP contribution in [0.2, 0.25) is 0 Å². The van der Waals surface area contributed by atoms with Gasteiger partial charge in [0, 0.05) is 5.56 Å². The maximum Gasteiger partial charge on any atom is 0.264 e. The van der Waals surface area contributed by atoms with Gasteiger partial charge in [-0.05, 0) is 28.8 Å². The Hall–Kier alpha value is -3.62. The van der Waals surface area contributed by atoms with Crippen LogP contribution < -0.4 is 5.32 Å². The number of guanidine groups is 1. The highest BCUT2D eigenvalue weighted by Crippen LogP contribution is 2.36. The zero-order valence-electron chi connectivity index (χ0n) is 19.1. The number of benzene rings is 3. The molecular weight excluding hydrogens is 460 g/mol. The highest BCUT2D eigenvalue weighted by Gasteiger charge is 2.52. The van der Waals surface area contributed by atoms with Crippen molar-refractivity contribution >= 4 is 28.9 Å². The van der Waals surface area contributed by atoms with Gasteiger partial charge in [0.2, 0.25) is 0 Å². The molecule has 2 N–H and O–H groups in total. The first kappa shape index (κ1) is 23.1. The summed E-state index contributed by atoms with van der Waals surface area (Å²) in [5, 5.41) is 11.8. The van der Waals surface area contributed by atoms with E-state index in [2.05, 4.69) is 5.32 Å². The molecule has 2 aliphatic heterocycles. The summed E-state index contributed by atoms with van der Waals surface area (Å²) < 4.78 is 11.6. The van der Waals surface area contributed by atoms with Crippen molar-refractivity contribution in [3.8, 4) is 0 Å². The van der Waals surface area contributed by atoms with Crippen molar-refractivity contribution < 1.29 is 14.1 Å². The van der Waals surface area contributed by atoms with E-state index in [9.17, 15) is 14.1 Å². The Labute approximate surface area is 207 Å². The minimum Gasteiger partial charge on any atom is -0.616 e. The number of nitrogens with one attached hydrogen (secondary N) is 2. The lowest BCUT2D eigenvalue weighted by molar-refractivity contribution is -0.130. The standard InChI is InChI=1S/C27H26N4O3S/c28-26-29-27(22-10-3-1-4-11-22,23-12-5-2-6-13-23)25(33)31(26)19-20-8-7-9-21(18-20)24(32)30-14-16-35(34)17-15-30/h1-13,18H,14-17,19H2,(H2,28,29). The van der Waals surface area contributed by atoms with Gasteiger partial charge in [0.25, 0.3) is 11.8 Å². The van der Waals surface area contributed by atoms with Gasteiger partial charge in [0.15, 0.2) is 11.5 Å². The van der Waals surface area contributed by atoms with Gasteiger partial charge in [-0.25, -0.2) is 0 Å². The minimum atomic E-state index is -1.20. The molecule has 2 aliphatic rings. The normalized spacial score (nSPS) is 18.0. The molecule has 2 saturated heterocycles. The molecule has 0 radical (unpaired) electrons. The molecular formula is C27H26N4O3S. The second kappa shape index (κ2) is 9.56. The van der Waals surface area contributed by atoms with Gasteiger partial charge < -0.3 is 14.8 Å². The quantitative estimate of drug-likeness (QED) is 0.542. The van der Waals surface area contributed by atoms with Crippen LogP contribution in [0.4, 0.5) is 0 Å². The molecule has 0 aliphatic carbocycles. The molecule has 0 atom stereocenters.